The minimum Gasteiger partial charge on any atom is -0.497 e. The fraction of sp³-hybridized carbons (Fsp3) is 0.444. The molecule has 1 aromatic carbocycles. The van der Waals surface area contributed by atoms with Crippen molar-refractivity contribution in [3.63, 3.8) is 0 Å². The van der Waals surface area contributed by atoms with Crippen molar-refractivity contribution in [2.45, 2.75) is 38.3 Å². The molecule has 1 aliphatic carbocycles. The number of ether oxygens (including phenoxy) is 1. The predicted molar refractivity (Wildman–Crippen MR) is 85.9 cm³/mol. The number of benzene rings is 1. The number of nitrogens with zero attached hydrogens (tertiary/aromatic N) is 1. The van der Waals surface area contributed by atoms with Gasteiger partial charge >= 0.3 is 0 Å². The van der Waals surface area contributed by atoms with Crippen LogP contribution in [0.5, 0.6) is 5.75 Å². The molecular formula is C18H24N2O. The third-order valence-electron chi connectivity index (χ3n) is 4.43. The standard InChI is InChI=1S/C18H24N2O/c1-19-18-6-4-3-5-15-12-20(13-17(15)18)11-14-7-9-16(21-2)10-8-14/h7-10,12-13,18-19H,3-6,11H2,1-2H3. The second kappa shape index (κ2) is 6.35. The molecule has 0 bridgehead atoms. The predicted octanol–water partition coefficient (Wildman–Crippen LogP) is 3.53. The average molecular weight is 284 g/mol. The lowest BCUT2D eigenvalue weighted by atomic mass is 10.1. The zero-order valence-electron chi connectivity index (χ0n) is 12.9. The molecular weight excluding hydrogens is 260 g/mol. The van der Waals surface area contributed by atoms with Crippen LogP contribution in [-0.2, 0) is 13.0 Å². The zero-order valence-corrected chi connectivity index (χ0v) is 12.9. The number of aromatic nitrogens is 1. The number of aryl methyl sites for hydroxylation is 1. The van der Waals surface area contributed by atoms with Gasteiger partial charge in [-0.3, -0.25) is 0 Å². The minimum absolute atomic E-state index is 0.514. The van der Waals surface area contributed by atoms with Crippen LogP contribution in [0.2, 0.25) is 0 Å². The number of hydrogen-bond donors (Lipinski definition) is 1. The average Bonchev–Trinajstić information content (AvgIpc) is 2.81. The van der Waals surface area contributed by atoms with Gasteiger partial charge in [0.1, 0.15) is 5.75 Å². The van der Waals surface area contributed by atoms with Crippen LogP contribution < -0.4 is 10.1 Å². The summed E-state index contributed by atoms with van der Waals surface area (Å²) in [6.45, 7) is 0.924. The van der Waals surface area contributed by atoms with Crippen LogP contribution in [0.15, 0.2) is 36.7 Å². The second-order valence-corrected chi connectivity index (χ2v) is 5.85. The topological polar surface area (TPSA) is 26.2 Å². The van der Waals surface area contributed by atoms with Crippen molar-refractivity contribution < 1.29 is 4.74 Å². The van der Waals surface area contributed by atoms with Gasteiger partial charge in [-0.2, -0.15) is 0 Å². The fourth-order valence-electron chi connectivity index (χ4n) is 3.25. The van der Waals surface area contributed by atoms with E-state index in [1.54, 1.807) is 7.11 Å². The van der Waals surface area contributed by atoms with Crippen molar-refractivity contribution >= 4 is 0 Å². The SMILES string of the molecule is CNC1CCCCc2cn(Cc3ccc(OC)cc3)cc21. The Kier molecular flexibility index (Phi) is 4.30. The van der Waals surface area contributed by atoms with Crippen LogP contribution in [0.4, 0.5) is 0 Å². The molecule has 1 aromatic heterocycles. The van der Waals surface area contributed by atoms with Gasteiger partial charge in [0, 0.05) is 25.0 Å². The van der Waals surface area contributed by atoms with E-state index in [2.05, 4.69) is 41.5 Å². The number of rotatable bonds is 4. The van der Waals surface area contributed by atoms with E-state index in [-0.39, 0.29) is 0 Å². The summed E-state index contributed by atoms with van der Waals surface area (Å²) in [5.74, 6) is 0.914. The Labute approximate surface area is 126 Å². The molecule has 3 rings (SSSR count). The van der Waals surface area contributed by atoms with E-state index in [9.17, 15) is 0 Å². The fourth-order valence-corrected chi connectivity index (χ4v) is 3.25. The van der Waals surface area contributed by atoms with E-state index < -0.39 is 0 Å². The van der Waals surface area contributed by atoms with Crippen molar-refractivity contribution in [3.05, 3.63) is 53.3 Å². The van der Waals surface area contributed by atoms with E-state index in [0.717, 1.165) is 12.3 Å². The first-order chi connectivity index (χ1) is 10.3. The van der Waals surface area contributed by atoms with Crippen LogP contribution in [0.3, 0.4) is 0 Å². The summed E-state index contributed by atoms with van der Waals surface area (Å²) in [5, 5.41) is 3.46. The summed E-state index contributed by atoms with van der Waals surface area (Å²) in [6.07, 6.45) is 9.73. The zero-order chi connectivity index (χ0) is 14.7. The Morgan fingerprint density at radius 1 is 1.19 bits per heavy atom. The van der Waals surface area contributed by atoms with E-state index in [0.29, 0.717) is 6.04 Å². The smallest absolute Gasteiger partial charge is 0.118 e. The third kappa shape index (κ3) is 3.13. The molecule has 0 aliphatic heterocycles. The molecule has 3 heteroatoms. The Morgan fingerprint density at radius 2 is 2.00 bits per heavy atom. The van der Waals surface area contributed by atoms with Crippen molar-refractivity contribution in [3.8, 4) is 5.75 Å². The second-order valence-electron chi connectivity index (χ2n) is 5.85. The monoisotopic (exact) mass is 284 g/mol. The van der Waals surface area contributed by atoms with Crippen LogP contribution in [0, 0.1) is 0 Å². The molecule has 0 saturated heterocycles. The Hall–Kier alpha value is -1.74. The summed E-state index contributed by atoms with van der Waals surface area (Å²) >= 11 is 0. The first-order valence-electron chi connectivity index (χ1n) is 7.79. The molecule has 1 aliphatic rings. The van der Waals surface area contributed by atoms with Crippen LogP contribution >= 0.6 is 0 Å². The molecule has 1 N–H and O–H groups in total. The lowest BCUT2D eigenvalue weighted by Crippen LogP contribution is -2.15. The molecule has 1 heterocycles. The van der Waals surface area contributed by atoms with Crippen molar-refractivity contribution in [2.75, 3.05) is 14.2 Å². The maximum Gasteiger partial charge on any atom is 0.118 e. The maximum absolute atomic E-state index is 5.21. The van der Waals surface area contributed by atoms with Gasteiger partial charge in [0.15, 0.2) is 0 Å². The number of hydrogen-bond acceptors (Lipinski definition) is 2. The first-order valence-corrected chi connectivity index (χ1v) is 7.79. The Morgan fingerprint density at radius 3 is 2.71 bits per heavy atom. The molecule has 21 heavy (non-hydrogen) atoms. The molecule has 0 radical (unpaired) electrons. The highest BCUT2D eigenvalue weighted by atomic mass is 16.5. The van der Waals surface area contributed by atoms with E-state index in [1.807, 2.05) is 12.1 Å². The summed E-state index contributed by atoms with van der Waals surface area (Å²) < 4.78 is 7.53. The molecule has 3 nitrogen and oxygen atoms in total. The molecule has 0 fully saturated rings. The quantitative estimate of drug-likeness (QED) is 0.869. The van der Waals surface area contributed by atoms with Gasteiger partial charge in [-0.25, -0.2) is 0 Å². The van der Waals surface area contributed by atoms with Gasteiger partial charge in [0.25, 0.3) is 0 Å². The molecule has 0 amide bonds. The lowest BCUT2D eigenvalue weighted by molar-refractivity contribution is 0.414. The molecule has 1 unspecified atom stereocenters. The van der Waals surface area contributed by atoms with Crippen LogP contribution in [0.25, 0.3) is 0 Å². The number of fused-ring (bicyclic) bond motifs is 1. The highest BCUT2D eigenvalue weighted by Gasteiger charge is 2.19. The summed E-state index contributed by atoms with van der Waals surface area (Å²) in [5.41, 5.74) is 4.31. The van der Waals surface area contributed by atoms with Gasteiger partial charge in [-0.05, 0) is 55.1 Å². The molecule has 112 valence electrons. The van der Waals surface area contributed by atoms with Gasteiger partial charge in [0.2, 0.25) is 0 Å². The lowest BCUT2D eigenvalue weighted by Gasteiger charge is -2.13. The number of methoxy groups -OCH3 is 1. The van der Waals surface area contributed by atoms with Crippen LogP contribution in [-0.4, -0.2) is 18.7 Å². The summed E-state index contributed by atoms with van der Waals surface area (Å²) in [4.78, 5) is 0. The third-order valence-corrected chi connectivity index (χ3v) is 4.43. The van der Waals surface area contributed by atoms with Gasteiger partial charge in [-0.15, -0.1) is 0 Å². The normalized spacial score (nSPS) is 18.1. The Balaban J connectivity index is 1.80. The molecule has 0 spiro atoms. The largest absolute Gasteiger partial charge is 0.497 e. The summed E-state index contributed by atoms with van der Waals surface area (Å²) in [7, 11) is 3.77. The maximum atomic E-state index is 5.21. The first kappa shape index (κ1) is 14.2. The van der Waals surface area contributed by atoms with E-state index >= 15 is 0 Å². The molecule has 0 saturated carbocycles. The van der Waals surface area contributed by atoms with Gasteiger partial charge in [0.05, 0.1) is 7.11 Å². The Bertz CT molecular complexity index is 586. The van der Waals surface area contributed by atoms with Gasteiger partial charge in [-0.1, -0.05) is 18.6 Å². The number of nitrogens with one attached hydrogen (secondary N) is 1. The van der Waals surface area contributed by atoms with E-state index in [1.165, 1.54) is 42.4 Å². The molecule has 2 aromatic rings. The van der Waals surface area contributed by atoms with Crippen LogP contribution in [0.1, 0.15) is 42.0 Å². The van der Waals surface area contributed by atoms with Gasteiger partial charge < -0.3 is 14.6 Å². The summed E-state index contributed by atoms with van der Waals surface area (Å²) in [6, 6.07) is 8.85. The highest BCUT2D eigenvalue weighted by Crippen LogP contribution is 2.29. The van der Waals surface area contributed by atoms with Crippen molar-refractivity contribution in [2.24, 2.45) is 0 Å². The minimum atomic E-state index is 0.514. The van der Waals surface area contributed by atoms with E-state index in [4.69, 9.17) is 4.74 Å². The molecule has 1 atom stereocenters. The van der Waals surface area contributed by atoms with Crippen molar-refractivity contribution in [1.29, 1.82) is 0 Å². The van der Waals surface area contributed by atoms with Crippen molar-refractivity contribution in [1.82, 2.24) is 9.88 Å². The highest BCUT2D eigenvalue weighted by molar-refractivity contribution is 5.31.